The summed E-state index contributed by atoms with van der Waals surface area (Å²) in [5.41, 5.74) is 0.122. The van der Waals surface area contributed by atoms with Crippen molar-refractivity contribution in [2.75, 3.05) is 11.6 Å². The first-order valence-corrected chi connectivity index (χ1v) is 11.9. The number of hydrogen-bond donors (Lipinski definition) is 1. The first kappa shape index (κ1) is 24.7. The molecule has 0 saturated carbocycles. The van der Waals surface area contributed by atoms with Gasteiger partial charge >= 0.3 is 5.69 Å². The number of nitrogens with zero attached hydrogens (tertiary/aromatic N) is 4. The van der Waals surface area contributed by atoms with E-state index in [0.29, 0.717) is 16.8 Å². The van der Waals surface area contributed by atoms with Crippen molar-refractivity contribution < 1.29 is 18.0 Å². The topological polar surface area (TPSA) is 142 Å². The number of anilines is 1. The number of sulfone groups is 1. The van der Waals surface area contributed by atoms with Gasteiger partial charge in [0, 0.05) is 44.9 Å². The molecule has 1 amide bonds. The van der Waals surface area contributed by atoms with Crippen molar-refractivity contribution in [2.24, 2.45) is 14.1 Å². The summed E-state index contributed by atoms with van der Waals surface area (Å²) in [6.45, 7) is 2.62. The van der Waals surface area contributed by atoms with E-state index in [9.17, 15) is 27.6 Å². The average Bonchev–Trinajstić information content (AvgIpc) is 3.05. The fourth-order valence-electron chi connectivity index (χ4n) is 3.53. The van der Waals surface area contributed by atoms with Crippen LogP contribution in [-0.4, -0.2) is 45.0 Å². The Morgan fingerprint density at radius 1 is 1.09 bits per heavy atom. The van der Waals surface area contributed by atoms with Gasteiger partial charge < -0.3 is 9.88 Å². The van der Waals surface area contributed by atoms with Gasteiger partial charge in [0.2, 0.25) is 20.9 Å². The van der Waals surface area contributed by atoms with E-state index in [1.807, 2.05) is 0 Å². The molecule has 0 radical (unpaired) electrons. The van der Waals surface area contributed by atoms with Crippen molar-refractivity contribution in [3.63, 3.8) is 0 Å². The lowest BCUT2D eigenvalue weighted by Gasteiger charge is -2.07. The molecule has 1 N–H and O–H groups in total. The molecular formula is C22H23N5O6S. The van der Waals surface area contributed by atoms with Crippen LogP contribution in [0.25, 0.3) is 11.2 Å². The number of carbonyl (C=O) groups excluding carboxylic acids is 2. The molecule has 178 valence electrons. The lowest BCUT2D eigenvalue weighted by molar-refractivity contribution is -0.116. The van der Waals surface area contributed by atoms with Gasteiger partial charge in [-0.25, -0.2) is 13.2 Å². The van der Waals surface area contributed by atoms with Crippen molar-refractivity contribution in [1.29, 1.82) is 0 Å². The summed E-state index contributed by atoms with van der Waals surface area (Å²) < 4.78 is 27.3. The van der Waals surface area contributed by atoms with E-state index in [0.717, 1.165) is 20.0 Å². The molecule has 3 aromatic rings. The number of aromatic nitrogens is 4. The Morgan fingerprint density at radius 2 is 1.76 bits per heavy atom. The number of nitrogens with one attached hydrogen (secondary N) is 1. The van der Waals surface area contributed by atoms with Crippen LogP contribution in [0.4, 0.5) is 5.69 Å². The largest absolute Gasteiger partial charge is 0.333 e. The Bertz CT molecular complexity index is 1600. The summed E-state index contributed by atoms with van der Waals surface area (Å²) in [7, 11) is -1.09. The Labute approximate surface area is 195 Å². The highest BCUT2D eigenvalue weighted by atomic mass is 32.2. The first-order chi connectivity index (χ1) is 15.8. The molecule has 0 unspecified atom stereocenters. The maximum absolute atomic E-state index is 12.7. The molecule has 12 heteroatoms. The maximum atomic E-state index is 12.7. The van der Waals surface area contributed by atoms with Gasteiger partial charge in [0.25, 0.3) is 5.56 Å². The second-order valence-electron chi connectivity index (χ2n) is 7.91. The minimum atomic E-state index is -3.76. The lowest BCUT2D eigenvalue weighted by atomic mass is 10.0. The molecule has 0 atom stereocenters. The van der Waals surface area contributed by atoms with Gasteiger partial charge in [0.1, 0.15) is 5.78 Å². The van der Waals surface area contributed by atoms with E-state index >= 15 is 0 Å². The van der Waals surface area contributed by atoms with Crippen LogP contribution in [0.5, 0.6) is 0 Å². The zero-order valence-electron chi connectivity index (χ0n) is 19.3. The molecule has 0 aliphatic heterocycles. The van der Waals surface area contributed by atoms with Crippen LogP contribution in [0.15, 0.2) is 32.9 Å². The molecule has 2 aromatic heterocycles. The number of aryl methyl sites for hydroxylation is 1. The zero-order valence-corrected chi connectivity index (χ0v) is 20.1. The fraction of sp³-hybridized carbons (Fsp3) is 0.318. The van der Waals surface area contributed by atoms with Crippen LogP contribution in [0.1, 0.15) is 25.0 Å². The van der Waals surface area contributed by atoms with Crippen LogP contribution in [-0.2, 0) is 46.5 Å². The van der Waals surface area contributed by atoms with Crippen LogP contribution in [0.2, 0.25) is 0 Å². The quantitative estimate of drug-likeness (QED) is 0.501. The van der Waals surface area contributed by atoms with Crippen molar-refractivity contribution in [2.45, 2.75) is 32.0 Å². The molecule has 0 spiro atoms. The van der Waals surface area contributed by atoms with Gasteiger partial charge in [0.15, 0.2) is 11.2 Å². The van der Waals surface area contributed by atoms with Gasteiger partial charge in [-0.15, -0.1) is 0 Å². The molecule has 0 fully saturated rings. The molecule has 0 bridgehead atoms. The van der Waals surface area contributed by atoms with Gasteiger partial charge in [-0.1, -0.05) is 11.8 Å². The van der Waals surface area contributed by atoms with E-state index in [-0.39, 0.29) is 41.0 Å². The van der Waals surface area contributed by atoms with Gasteiger partial charge in [0.05, 0.1) is 6.54 Å². The van der Waals surface area contributed by atoms with Crippen LogP contribution >= 0.6 is 0 Å². The van der Waals surface area contributed by atoms with Gasteiger partial charge in [-0.3, -0.25) is 23.5 Å². The van der Waals surface area contributed by atoms with E-state index in [1.165, 1.54) is 27.9 Å². The Morgan fingerprint density at radius 3 is 2.35 bits per heavy atom. The number of amides is 1. The molecule has 0 aliphatic carbocycles. The molecule has 1 aromatic carbocycles. The summed E-state index contributed by atoms with van der Waals surface area (Å²) in [6.07, 6.45) is 1.12. The third-order valence-electron chi connectivity index (χ3n) is 4.88. The SMILES string of the molecule is CC(=O)Cc1cc(C#CCn2c(=O)n(C)c(=O)c3c2nc(S(C)(=O)=O)n3C)cc(NC(C)=O)c1. The molecule has 34 heavy (non-hydrogen) atoms. The van der Waals surface area contributed by atoms with Crippen molar-refractivity contribution in [3.8, 4) is 11.8 Å². The monoisotopic (exact) mass is 485 g/mol. The Kier molecular flexibility index (Phi) is 6.60. The summed E-state index contributed by atoms with van der Waals surface area (Å²) in [5, 5.41) is 2.31. The smallest absolute Gasteiger partial charge is 0.326 e. The van der Waals surface area contributed by atoms with Crippen molar-refractivity contribution >= 4 is 38.4 Å². The molecule has 3 rings (SSSR count). The number of fused-ring (bicyclic) bond motifs is 1. The minimum absolute atomic E-state index is 0.0410. The van der Waals surface area contributed by atoms with Gasteiger partial charge in [-0.2, -0.15) is 4.98 Å². The molecule has 0 saturated heterocycles. The van der Waals surface area contributed by atoms with E-state index in [1.54, 1.807) is 18.2 Å². The van der Waals surface area contributed by atoms with Crippen molar-refractivity contribution in [3.05, 3.63) is 50.2 Å². The van der Waals surface area contributed by atoms with E-state index < -0.39 is 21.1 Å². The summed E-state index contributed by atoms with van der Waals surface area (Å²) in [6, 6.07) is 5.00. The standard InChI is InChI=1S/C22H23N5O6S/c1-13(28)9-16-10-15(11-17(12-16)23-14(2)29)7-6-8-27-19-18(20(30)26(4)22(27)31)25(3)21(24-19)34(5,32)33/h10-12H,8-9H2,1-5H3,(H,23,29). The highest BCUT2D eigenvalue weighted by Gasteiger charge is 2.23. The van der Waals surface area contributed by atoms with Crippen LogP contribution in [0.3, 0.4) is 0 Å². The lowest BCUT2D eigenvalue weighted by Crippen LogP contribution is -2.38. The summed E-state index contributed by atoms with van der Waals surface area (Å²) in [4.78, 5) is 52.4. The Hall–Kier alpha value is -3.98. The fourth-order valence-corrected chi connectivity index (χ4v) is 4.37. The number of carbonyl (C=O) groups is 2. The minimum Gasteiger partial charge on any atom is -0.326 e. The number of imidazole rings is 1. The van der Waals surface area contributed by atoms with Crippen molar-refractivity contribution in [1.82, 2.24) is 18.7 Å². The predicted molar refractivity (Wildman–Crippen MR) is 125 cm³/mol. The third kappa shape index (κ3) is 4.99. The van der Waals surface area contributed by atoms with E-state index in [4.69, 9.17) is 0 Å². The van der Waals surface area contributed by atoms with E-state index in [2.05, 4.69) is 22.1 Å². The Balaban J connectivity index is 2.12. The molecule has 11 nitrogen and oxygen atoms in total. The second-order valence-corrected chi connectivity index (χ2v) is 9.82. The zero-order chi connectivity index (χ0) is 25.4. The highest BCUT2D eigenvalue weighted by molar-refractivity contribution is 7.90. The number of hydrogen-bond acceptors (Lipinski definition) is 7. The maximum Gasteiger partial charge on any atom is 0.333 e. The summed E-state index contributed by atoms with van der Waals surface area (Å²) >= 11 is 0. The molecule has 2 heterocycles. The van der Waals surface area contributed by atoms with Crippen LogP contribution < -0.4 is 16.6 Å². The molecular weight excluding hydrogens is 462 g/mol. The first-order valence-electron chi connectivity index (χ1n) is 10.1. The average molecular weight is 486 g/mol. The number of ketones is 1. The second kappa shape index (κ2) is 9.11. The van der Waals surface area contributed by atoms with Gasteiger partial charge in [-0.05, 0) is 30.7 Å². The van der Waals surface area contributed by atoms with Crippen LogP contribution in [0, 0.1) is 11.8 Å². The number of Topliss-reactive ketones (excluding diaryl/α,β-unsaturated/α-hetero) is 1. The normalized spacial score (nSPS) is 11.2. The molecule has 0 aliphatic rings. The highest BCUT2D eigenvalue weighted by Crippen LogP contribution is 2.16. The predicted octanol–water partition coefficient (Wildman–Crippen LogP) is -0.0212. The number of rotatable bonds is 5. The summed E-state index contributed by atoms with van der Waals surface area (Å²) in [5.74, 6) is 5.37. The third-order valence-corrected chi connectivity index (χ3v) is 5.91. The number of benzene rings is 1.